The maximum absolute atomic E-state index is 11.8. The molecule has 0 bridgehead atoms. The first-order valence-corrected chi connectivity index (χ1v) is 5.65. The molecule has 2 N–H and O–H groups in total. The molecule has 0 radical (unpaired) electrons. The molecule has 7 heteroatoms. The van der Waals surface area contributed by atoms with Crippen molar-refractivity contribution in [1.29, 1.82) is 0 Å². The summed E-state index contributed by atoms with van der Waals surface area (Å²) < 4.78 is 4.81. The molecule has 0 aliphatic carbocycles. The van der Waals surface area contributed by atoms with Gasteiger partial charge >= 0.3 is 5.97 Å². The van der Waals surface area contributed by atoms with Crippen LogP contribution in [0.1, 0.15) is 16.1 Å². The largest absolute Gasteiger partial charge is 0.481 e. The second-order valence-electron chi connectivity index (χ2n) is 3.67. The Morgan fingerprint density at radius 1 is 1.37 bits per heavy atom. The van der Waals surface area contributed by atoms with Gasteiger partial charge in [0, 0.05) is 0 Å². The van der Waals surface area contributed by atoms with Gasteiger partial charge in [-0.15, -0.1) is 0 Å². The molecule has 2 aromatic heterocycles. The highest BCUT2D eigenvalue weighted by Crippen LogP contribution is 2.18. The van der Waals surface area contributed by atoms with E-state index < -0.39 is 11.9 Å². The number of furan rings is 1. The summed E-state index contributed by atoms with van der Waals surface area (Å²) in [6.07, 6.45) is 2.53. The number of rotatable bonds is 4. The molecule has 0 saturated carbocycles. The summed E-state index contributed by atoms with van der Waals surface area (Å²) in [7, 11) is 0. The number of nitrogens with one attached hydrogen (secondary N) is 1. The van der Waals surface area contributed by atoms with E-state index in [0.717, 1.165) is 0 Å². The molecule has 19 heavy (non-hydrogen) atoms. The zero-order valence-corrected chi connectivity index (χ0v) is 10.3. The first kappa shape index (κ1) is 13.1. The number of halogens is 1. The van der Waals surface area contributed by atoms with Gasteiger partial charge in [-0.1, -0.05) is 0 Å². The maximum Gasteiger partial charge on any atom is 0.309 e. The Bertz CT molecular complexity index is 606. The molecular weight excluding hydrogens is 272 g/mol. The predicted octanol–water partition coefficient (Wildman–Crippen LogP) is 2.21. The number of aliphatic carboxylic acids is 1. The van der Waals surface area contributed by atoms with E-state index in [1.165, 1.54) is 24.6 Å². The molecule has 0 unspecified atom stereocenters. The van der Waals surface area contributed by atoms with Crippen LogP contribution in [0, 0.1) is 0 Å². The van der Waals surface area contributed by atoms with Gasteiger partial charge in [0.1, 0.15) is 0 Å². The van der Waals surface area contributed by atoms with Crippen molar-refractivity contribution in [2.75, 3.05) is 5.32 Å². The van der Waals surface area contributed by atoms with Crippen LogP contribution >= 0.6 is 11.6 Å². The van der Waals surface area contributed by atoms with Gasteiger partial charge in [-0.05, 0) is 29.8 Å². The fraction of sp³-hybridized carbons (Fsp3) is 0.0833. The SMILES string of the molecule is O=C(O)Cc1ccc(NC(=O)c2ccoc2Cl)cn1. The van der Waals surface area contributed by atoms with Gasteiger partial charge in [-0.25, -0.2) is 0 Å². The summed E-state index contributed by atoms with van der Waals surface area (Å²) in [5, 5.41) is 11.2. The number of pyridine rings is 1. The van der Waals surface area contributed by atoms with Gasteiger partial charge in [0.2, 0.25) is 5.22 Å². The number of nitrogens with zero attached hydrogens (tertiary/aromatic N) is 1. The van der Waals surface area contributed by atoms with Crippen molar-refractivity contribution in [2.24, 2.45) is 0 Å². The molecule has 0 aromatic carbocycles. The summed E-state index contributed by atoms with van der Waals surface area (Å²) in [5.74, 6) is -1.39. The van der Waals surface area contributed by atoms with Crippen LogP contribution < -0.4 is 5.32 Å². The Labute approximate surface area is 113 Å². The third-order valence-corrected chi connectivity index (χ3v) is 2.57. The molecule has 0 fully saturated rings. The van der Waals surface area contributed by atoms with Crippen LogP contribution in [-0.2, 0) is 11.2 Å². The summed E-state index contributed by atoms with van der Waals surface area (Å²) in [5.41, 5.74) is 1.07. The van der Waals surface area contributed by atoms with Crippen molar-refractivity contribution in [3.63, 3.8) is 0 Å². The summed E-state index contributed by atoms with van der Waals surface area (Å²) >= 11 is 5.68. The van der Waals surface area contributed by atoms with E-state index in [-0.39, 0.29) is 17.2 Å². The Morgan fingerprint density at radius 3 is 2.68 bits per heavy atom. The lowest BCUT2D eigenvalue weighted by atomic mass is 10.2. The molecule has 98 valence electrons. The smallest absolute Gasteiger partial charge is 0.309 e. The number of anilines is 1. The zero-order valence-electron chi connectivity index (χ0n) is 9.59. The standard InChI is InChI=1S/C12H9ClN2O4/c13-11-9(3-4-19-11)12(18)15-8-2-1-7(14-6-8)5-10(16)17/h1-4,6H,5H2,(H,15,18)(H,16,17). The Balaban J connectivity index is 2.06. The van der Waals surface area contributed by atoms with Crippen molar-refractivity contribution in [1.82, 2.24) is 4.98 Å². The van der Waals surface area contributed by atoms with Crippen LogP contribution in [0.3, 0.4) is 0 Å². The predicted molar refractivity (Wildman–Crippen MR) is 67.2 cm³/mol. The monoisotopic (exact) mass is 280 g/mol. The topological polar surface area (TPSA) is 92.4 Å². The summed E-state index contributed by atoms with van der Waals surface area (Å²) in [6.45, 7) is 0. The molecule has 2 aromatic rings. The molecule has 2 rings (SSSR count). The van der Waals surface area contributed by atoms with Gasteiger partial charge < -0.3 is 14.8 Å². The maximum atomic E-state index is 11.8. The molecule has 0 atom stereocenters. The van der Waals surface area contributed by atoms with E-state index in [1.54, 1.807) is 6.07 Å². The van der Waals surface area contributed by atoms with E-state index in [0.29, 0.717) is 11.4 Å². The third kappa shape index (κ3) is 3.32. The molecule has 0 saturated heterocycles. The summed E-state index contributed by atoms with van der Waals surface area (Å²) in [4.78, 5) is 26.2. The second-order valence-corrected chi connectivity index (χ2v) is 4.01. The normalized spacial score (nSPS) is 10.2. The van der Waals surface area contributed by atoms with Crippen molar-refractivity contribution >= 4 is 29.2 Å². The van der Waals surface area contributed by atoms with Gasteiger partial charge in [0.25, 0.3) is 5.91 Å². The third-order valence-electron chi connectivity index (χ3n) is 2.28. The number of hydrogen-bond donors (Lipinski definition) is 2. The number of carbonyl (C=O) groups is 2. The minimum Gasteiger partial charge on any atom is -0.481 e. The van der Waals surface area contributed by atoms with Crippen molar-refractivity contribution < 1.29 is 19.1 Å². The van der Waals surface area contributed by atoms with E-state index in [2.05, 4.69) is 10.3 Å². The quantitative estimate of drug-likeness (QED) is 0.896. The highest BCUT2D eigenvalue weighted by Gasteiger charge is 2.13. The van der Waals surface area contributed by atoms with E-state index in [4.69, 9.17) is 21.1 Å². The van der Waals surface area contributed by atoms with Crippen LogP contribution in [0.5, 0.6) is 0 Å². The average molecular weight is 281 g/mol. The molecule has 2 heterocycles. The Kier molecular flexibility index (Phi) is 3.82. The lowest BCUT2D eigenvalue weighted by molar-refractivity contribution is -0.136. The highest BCUT2D eigenvalue weighted by molar-refractivity contribution is 6.32. The van der Waals surface area contributed by atoms with Crippen LogP contribution in [-0.4, -0.2) is 22.0 Å². The van der Waals surface area contributed by atoms with Gasteiger partial charge in [0.15, 0.2) is 0 Å². The molecule has 0 aliphatic heterocycles. The van der Waals surface area contributed by atoms with Crippen LogP contribution in [0.2, 0.25) is 5.22 Å². The number of amides is 1. The minimum absolute atomic E-state index is 0.00737. The van der Waals surface area contributed by atoms with E-state index in [9.17, 15) is 9.59 Å². The average Bonchev–Trinajstić information content (AvgIpc) is 2.77. The van der Waals surface area contributed by atoms with Crippen LogP contribution in [0.15, 0.2) is 35.1 Å². The number of carboxylic acid groups (broad SMARTS) is 1. The Morgan fingerprint density at radius 2 is 2.16 bits per heavy atom. The van der Waals surface area contributed by atoms with Crippen LogP contribution in [0.4, 0.5) is 5.69 Å². The van der Waals surface area contributed by atoms with Crippen molar-refractivity contribution in [3.8, 4) is 0 Å². The Hall–Kier alpha value is -2.34. The van der Waals surface area contributed by atoms with Gasteiger partial charge in [0.05, 0.1) is 35.8 Å². The van der Waals surface area contributed by atoms with E-state index in [1.807, 2.05) is 0 Å². The molecule has 0 spiro atoms. The highest BCUT2D eigenvalue weighted by atomic mass is 35.5. The number of carboxylic acids is 1. The van der Waals surface area contributed by atoms with E-state index >= 15 is 0 Å². The lowest BCUT2D eigenvalue weighted by Gasteiger charge is -2.04. The molecular formula is C12H9ClN2O4. The van der Waals surface area contributed by atoms with Gasteiger partial charge in [-0.2, -0.15) is 0 Å². The van der Waals surface area contributed by atoms with Crippen LogP contribution in [0.25, 0.3) is 0 Å². The first-order valence-electron chi connectivity index (χ1n) is 5.27. The fourth-order valence-corrected chi connectivity index (χ4v) is 1.61. The van der Waals surface area contributed by atoms with Crippen molar-refractivity contribution in [3.05, 3.63) is 47.1 Å². The first-order chi connectivity index (χ1) is 9.06. The number of carbonyl (C=O) groups excluding carboxylic acids is 1. The minimum atomic E-state index is -0.963. The number of aromatic nitrogens is 1. The molecule has 6 nitrogen and oxygen atoms in total. The van der Waals surface area contributed by atoms with Gasteiger partial charge in [-0.3, -0.25) is 14.6 Å². The number of hydrogen-bond acceptors (Lipinski definition) is 4. The second kappa shape index (κ2) is 5.53. The fourth-order valence-electron chi connectivity index (χ4n) is 1.41. The molecule has 1 amide bonds. The van der Waals surface area contributed by atoms with Crippen molar-refractivity contribution in [2.45, 2.75) is 6.42 Å². The molecule has 0 aliphatic rings. The lowest BCUT2D eigenvalue weighted by Crippen LogP contribution is -2.12. The zero-order chi connectivity index (χ0) is 13.8. The summed E-state index contributed by atoms with van der Waals surface area (Å²) in [6, 6.07) is 4.54.